The lowest BCUT2D eigenvalue weighted by molar-refractivity contribution is -0.185. The highest BCUT2D eigenvalue weighted by Crippen LogP contribution is 2.54. The van der Waals surface area contributed by atoms with Crippen molar-refractivity contribution in [3.05, 3.63) is 0 Å². The van der Waals surface area contributed by atoms with Crippen LogP contribution >= 0.6 is 22.6 Å². The third-order valence-electron chi connectivity index (χ3n) is 7.47. The fourth-order valence-electron chi connectivity index (χ4n) is 5.73. The van der Waals surface area contributed by atoms with Crippen LogP contribution in [0.4, 0.5) is 0 Å². The van der Waals surface area contributed by atoms with Crippen LogP contribution in [-0.2, 0) is 38.1 Å². The lowest BCUT2D eigenvalue weighted by Crippen LogP contribution is -2.50. The summed E-state index contributed by atoms with van der Waals surface area (Å²) in [5.74, 6) is -3.30. The average Bonchev–Trinajstić information content (AvgIpc) is 3.50. The van der Waals surface area contributed by atoms with Crippen molar-refractivity contribution in [2.45, 2.75) is 80.5 Å². The molecule has 0 aromatic heterocycles. The molecule has 3 saturated carbocycles. The minimum absolute atomic E-state index is 0.222. The second-order valence-corrected chi connectivity index (χ2v) is 10.6. The highest BCUT2D eigenvalue weighted by Gasteiger charge is 2.63. The van der Waals surface area contributed by atoms with E-state index in [9.17, 15) is 19.2 Å². The normalized spacial score (nSPS) is 33.5. The summed E-state index contributed by atoms with van der Waals surface area (Å²) in [4.78, 5) is 49.4. The van der Waals surface area contributed by atoms with Gasteiger partial charge in [-0.05, 0) is 50.9 Å². The van der Waals surface area contributed by atoms with Gasteiger partial charge in [0, 0.05) is 18.9 Å². The number of hydrogen-bond donors (Lipinski definition) is 0. The minimum Gasteiger partial charge on any atom is -0.459 e. The van der Waals surface area contributed by atoms with Gasteiger partial charge in [0.2, 0.25) is 0 Å². The molecule has 0 aromatic rings. The van der Waals surface area contributed by atoms with Crippen LogP contribution in [0.25, 0.3) is 0 Å². The number of ether oxygens (including phenoxy) is 4. The third-order valence-corrected chi connectivity index (χ3v) is 8.86. The van der Waals surface area contributed by atoms with Gasteiger partial charge in [-0.1, -0.05) is 36.4 Å². The predicted octanol–water partition coefficient (Wildman–Crippen LogP) is 3.02. The number of fused-ring (bicyclic) bond motifs is 2. The van der Waals surface area contributed by atoms with E-state index in [2.05, 4.69) is 0 Å². The van der Waals surface area contributed by atoms with Gasteiger partial charge in [0.25, 0.3) is 0 Å². The second-order valence-electron chi connectivity index (χ2n) is 9.11. The van der Waals surface area contributed by atoms with E-state index in [1.165, 1.54) is 7.11 Å². The fourth-order valence-corrected chi connectivity index (χ4v) is 5.91. The van der Waals surface area contributed by atoms with Crippen LogP contribution in [-0.4, -0.2) is 59.6 Å². The molecule has 7 unspecified atom stereocenters. The van der Waals surface area contributed by atoms with E-state index in [1.807, 2.05) is 36.4 Å². The van der Waals surface area contributed by atoms with Crippen LogP contribution in [0.5, 0.6) is 0 Å². The van der Waals surface area contributed by atoms with E-state index in [-0.39, 0.29) is 21.7 Å². The molecular weight excluding hydrogens is 531 g/mol. The third kappa shape index (κ3) is 4.98. The van der Waals surface area contributed by atoms with Crippen molar-refractivity contribution < 1.29 is 38.1 Å². The molecule has 7 atom stereocenters. The number of carbonyl (C=O) groups is 4. The molecule has 32 heavy (non-hydrogen) atoms. The first-order valence-electron chi connectivity index (χ1n) is 11.5. The molecule has 0 aromatic carbocycles. The number of methoxy groups -OCH3 is 1. The van der Waals surface area contributed by atoms with Gasteiger partial charge in [0.05, 0.1) is 12.0 Å². The smallest absolute Gasteiger partial charge is 0.344 e. The van der Waals surface area contributed by atoms with Gasteiger partial charge in [0.15, 0.2) is 6.61 Å². The molecule has 3 fully saturated rings. The minimum atomic E-state index is -0.687. The molecule has 0 saturated heterocycles. The van der Waals surface area contributed by atoms with Crippen LogP contribution in [0.1, 0.15) is 58.8 Å². The van der Waals surface area contributed by atoms with Crippen molar-refractivity contribution in [3.8, 4) is 0 Å². The van der Waals surface area contributed by atoms with Crippen molar-refractivity contribution >= 4 is 46.8 Å². The summed E-state index contributed by atoms with van der Waals surface area (Å²) >= 11 is 1.96. The molecule has 8 nitrogen and oxygen atoms in total. The van der Waals surface area contributed by atoms with Gasteiger partial charge in [-0.25, -0.2) is 4.79 Å². The topological polar surface area (TPSA) is 105 Å². The van der Waals surface area contributed by atoms with E-state index < -0.39 is 48.2 Å². The number of alkyl halides is 1. The van der Waals surface area contributed by atoms with E-state index in [0.29, 0.717) is 12.8 Å². The quantitative estimate of drug-likeness (QED) is 0.131. The van der Waals surface area contributed by atoms with Crippen molar-refractivity contribution in [2.75, 3.05) is 13.7 Å². The molecule has 3 aliphatic carbocycles. The Bertz CT molecular complexity index is 719. The summed E-state index contributed by atoms with van der Waals surface area (Å²) in [5, 5.41) is 0. The zero-order valence-electron chi connectivity index (χ0n) is 18.9. The van der Waals surface area contributed by atoms with E-state index in [4.69, 9.17) is 18.9 Å². The Hall–Kier alpha value is -1.23. The number of rotatable bonds is 10. The number of esters is 3. The number of aldehydes is 1. The Morgan fingerprint density at radius 2 is 1.81 bits per heavy atom. The average molecular weight is 564 g/mol. The van der Waals surface area contributed by atoms with E-state index >= 15 is 0 Å². The standard InChI is InChI=1S/C23H33IO8/c1-4-16(24)21(27)30-12-17(26)31-20-14-10-13(19(20)29-3)15(11-25)18(14)22(28)32-23(5-2)8-6-7-9-23/h11,13-16,18-20H,4-10,12H2,1-3H3. The van der Waals surface area contributed by atoms with E-state index in [0.717, 1.165) is 38.4 Å². The Morgan fingerprint density at radius 1 is 1.12 bits per heavy atom. The summed E-state index contributed by atoms with van der Waals surface area (Å²) in [6, 6.07) is 0. The summed E-state index contributed by atoms with van der Waals surface area (Å²) in [6.07, 6.45) is 5.25. The Balaban J connectivity index is 1.69. The Morgan fingerprint density at radius 3 is 2.38 bits per heavy atom. The van der Waals surface area contributed by atoms with Crippen molar-refractivity contribution in [3.63, 3.8) is 0 Å². The first-order chi connectivity index (χ1) is 15.3. The molecule has 2 bridgehead atoms. The first kappa shape index (κ1) is 25.4. The Labute approximate surface area is 202 Å². The summed E-state index contributed by atoms with van der Waals surface area (Å²) in [7, 11) is 1.51. The molecule has 3 rings (SSSR count). The molecule has 0 aliphatic heterocycles. The van der Waals surface area contributed by atoms with Gasteiger partial charge >= 0.3 is 17.9 Å². The second kappa shape index (κ2) is 10.8. The van der Waals surface area contributed by atoms with Crippen LogP contribution in [0.2, 0.25) is 0 Å². The fraction of sp³-hybridized carbons (Fsp3) is 0.826. The lowest BCUT2D eigenvalue weighted by Gasteiger charge is -2.38. The van der Waals surface area contributed by atoms with Crippen LogP contribution in [0.3, 0.4) is 0 Å². The van der Waals surface area contributed by atoms with Crippen molar-refractivity contribution in [1.29, 1.82) is 0 Å². The van der Waals surface area contributed by atoms with E-state index in [1.54, 1.807) is 0 Å². The molecule has 0 spiro atoms. The number of hydrogen-bond acceptors (Lipinski definition) is 8. The molecule has 3 aliphatic rings. The number of carbonyl (C=O) groups excluding carboxylic acids is 4. The molecule has 0 N–H and O–H groups in total. The highest BCUT2D eigenvalue weighted by atomic mass is 127. The van der Waals surface area contributed by atoms with Gasteiger partial charge < -0.3 is 23.7 Å². The SMILES string of the molecule is CCC(I)C(=O)OCC(=O)OC1C2CC(C(C=O)C2C(=O)OC2(CC)CCCC2)C1OC. The zero-order chi connectivity index (χ0) is 23.5. The van der Waals surface area contributed by atoms with Crippen LogP contribution in [0, 0.1) is 23.7 Å². The summed E-state index contributed by atoms with van der Waals surface area (Å²) in [5.41, 5.74) is -0.456. The van der Waals surface area contributed by atoms with Gasteiger partial charge in [-0.15, -0.1) is 0 Å². The predicted molar refractivity (Wildman–Crippen MR) is 122 cm³/mol. The largest absolute Gasteiger partial charge is 0.459 e. The van der Waals surface area contributed by atoms with Gasteiger partial charge in [0.1, 0.15) is 21.9 Å². The zero-order valence-corrected chi connectivity index (χ0v) is 21.1. The van der Waals surface area contributed by atoms with Crippen LogP contribution < -0.4 is 0 Å². The number of halogens is 1. The summed E-state index contributed by atoms with van der Waals surface area (Å²) in [6.45, 7) is 3.38. The maximum atomic E-state index is 13.2. The summed E-state index contributed by atoms with van der Waals surface area (Å²) < 4.78 is 21.9. The molecule has 0 heterocycles. The van der Waals surface area contributed by atoms with Crippen molar-refractivity contribution in [2.24, 2.45) is 23.7 Å². The van der Waals surface area contributed by atoms with Crippen molar-refractivity contribution in [1.82, 2.24) is 0 Å². The maximum absolute atomic E-state index is 13.2. The van der Waals surface area contributed by atoms with Gasteiger partial charge in [-0.3, -0.25) is 9.59 Å². The molecule has 0 amide bonds. The Kier molecular flexibility index (Phi) is 8.57. The molecule has 0 radical (unpaired) electrons. The molecular formula is C23H33IO8. The first-order valence-corrected chi connectivity index (χ1v) is 12.8. The lowest BCUT2D eigenvalue weighted by atomic mass is 9.76. The molecule has 180 valence electrons. The van der Waals surface area contributed by atoms with Crippen LogP contribution in [0.15, 0.2) is 0 Å². The molecule has 9 heteroatoms. The highest BCUT2D eigenvalue weighted by molar-refractivity contribution is 14.1. The monoisotopic (exact) mass is 564 g/mol. The maximum Gasteiger partial charge on any atom is 0.344 e. The van der Waals surface area contributed by atoms with Gasteiger partial charge in [-0.2, -0.15) is 0 Å².